The van der Waals surface area contributed by atoms with Gasteiger partial charge in [-0.15, -0.1) is 36.2 Å². The van der Waals surface area contributed by atoms with Crippen molar-refractivity contribution < 1.29 is 4.79 Å². The molecule has 1 aliphatic carbocycles. The van der Waals surface area contributed by atoms with Gasteiger partial charge in [-0.25, -0.2) is 4.98 Å². The number of aryl methyl sites for hydroxylation is 1. The van der Waals surface area contributed by atoms with Crippen LogP contribution in [0.15, 0.2) is 24.4 Å². The van der Waals surface area contributed by atoms with Crippen LogP contribution in [0.4, 0.5) is 11.5 Å². The first kappa shape index (κ1) is 25.7. The Bertz CT molecular complexity index is 1070. The summed E-state index contributed by atoms with van der Waals surface area (Å²) in [5.74, 6) is 0.890. The number of nitrogens with one attached hydrogen (secondary N) is 1. The maximum atomic E-state index is 12.9. The van der Waals surface area contributed by atoms with Crippen molar-refractivity contribution in [1.29, 1.82) is 0 Å². The highest BCUT2D eigenvalue weighted by Gasteiger charge is 2.23. The first-order valence-corrected chi connectivity index (χ1v) is 12.1. The molecule has 3 aromatic heterocycles. The zero-order valence-electron chi connectivity index (χ0n) is 19.1. The van der Waals surface area contributed by atoms with Crippen LogP contribution in [0, 0.1) is 6.92 Å². The number of piperazine rings is 1. The van der Waals surface area contributed by atoms with Crippen LogP contribution in [-0.4, -0.2) is 58.8 Å². The lowest BCUT2D eigenvalue weighted by atomic mass is 9.96. The summed E-state index contributed by atoms with van der Waals surface area (Å²) in [6.45, 7) is 6.09. The van der Waals surface area contributed by atoms with Gasteiger partial charge in [-0.3, -0.25) is 9.48 Å². The minimum Gasteiger partial charge on any atom is -0.354 e. The summed E-state index contributed by atoms with van der Waals surface area (Å²) in [4.78, 5) is 24.0. The molecule has 1 N–H and O–H groups in total. The monoisotopic (exact) mass is 510 g/mol. The number of likely N-dealkylation sites (N-methyl/N-ethyl adjacent to an activating group) is 1. The average molecular weight is 512 g/mol. The minimum absolute atomic E-state index is 0. The van der Waals surface area contributed by atoms with E-state index in [2.05, 4.69) is 31.8 Å². The maximum absolute atomic E-state index is 12.9. The molecule has 5 rings (SSSR count). The molecule has 1 saturated carbocycles. The Balaban J connectivity index is 0.00000153. The van der Waals surface area contributed by atoms with Gasteiger partial charge in [-0.2, -0.15) is 5.10 Å². The molecule has 1 amide bonds. The minimum atomic E-state index is -0.0788. The van der Waals surface area contributed by atoms with Crippen molar-refractivity contribution in [3.8, 4) is 0 Å². The van der Waals surface area contributed by atoms with Crippen LogP contribution in [-0.2, 0) is 0 Å². The third-order valence-electron chi connectivity index (χ3n) is 6.55. The number of carbonyl (C=O) groups is 1. The van der Waals surface area contributed by atoms with E-state index in [0.717, 1.165) is 58.5 Å². The summed E-state index contributed by atoms with van der Waals surface area (Å²) in [7, 11) is 2.14. The molecule has 0 bridgehead atoms. The molecule has 7 nitrogen and oxygen atoms in total. The smallest absolute Gasteiger partial charge is 0.265 e. The number of amides is 1. The molecule has 10 heteroatoms. The van der Waals surface area contributed by atoms with Crippen molar-refractivity contribution in [2.45, 2.75) is 45.1 Å². The number of hydrogen-bond donors (Lipinski definition) is 1. The molecule has 1 saturated heterocycles. The van der Waals surface area contributed by atoms with Crippen LogP contribution in [0.5, 0.6) is 0 Å². The van der Waals surface area contributed by atoms with E-state index in [1.165, 1.54) is 32.1 Å². The van der Waals surface area contributed by atoms with Crippen molar-refractivity contribution in [2.24, 2.45) is 0 Å². The average Bonchev–Trinajstić information content (AvgIpc) is 3.36. The summed E-state index contributed by atoms with van der Waals surface area (Å²) in [6.07, 6.45) is 7.97. The molecule has 2 aliphatic rings. The molecule has 3 aromatic rings. The molecule has 4 heterocycles. The van der Waals surface area contributed by atoms with Crippen LogP contribution in [0.3, 0.4) is 0 Å². The third-order valence-corrected chi connectivity index (χ3v) is 7.67. The Labute approximate surface area is 211 Å². The Morgan fingerprint density at radius 3 is 2.48 bits per heavy atom. The summed E-state index contributed by atoms with van der Waals surface area (Å²) in [6, 6.07) is 6.40. The van der Waals surface area contributed by atoms with Gasteiger partial charge in [0.05, 0.1) is 28.5 Å². The third kappa shape index (κ3) is 5.45. The predicted molar refractivity (Wildman–Crippen MR) is 141 cm³/mol. The molecule has 0 atom stereocenters. The van der Waals surface area contributed by atoms with Gasteiger partial charge >= 0.3 is 0 Å². The van der Waals surface area contributed by atoms with E-state index in [-0.39, 0.29) is 30.7 Å². The van der Waals surface area contributed by atoms with Gasteiger partial charge < -0.3 is 15.1 Å². The lowest BCUT2D eigenvalue weighted by Crippen LogP contribution is -2.44. The van der Waals surface area contributed by atoms with E-state index in [1.807, 2.05) is 25.1 Å². The highest BCUT2D eigenvalue weighted by atomic mass is 35.5. The van der Waals surface area contributed by atoms with Gasteiger partial charge in [0.15, 0.2) is 0 Å². The van der Waals surface area contributed by atoms with Gasteiger partial charge in [0, 0.05) is 31.6 Å². The standard InChI is InChI=1S/C23H30N6OS.2ClH/c1-16-19-14-20(31-23(19)29(26-16)18-6-4-3-5-7-18)22(30)25-17-8-9-21(24-15-17)28-12-10-27(2)11-13-28;;/h8-9,14-15,18H,3-7,10-13H2,1-2H3,(H,25,30);2*1H. The molecule has 0 aromatic carbocycles. The summed E-state index contributed by atoms with van der Waals surface area (Å²) >= 11 is 1.55. The van der Waals surface area contributed by atoms with E-state index >= 15 is 0 Å². The molecule has 0 unspecified atom stereocenters. The fourth-order valence-corrected chi connectivity index (χ4v) is 5.76. The predicted octanol–water partition coefficient (Wildman–Crippen LogP) is 5.15. The van der Waals surface area contributed by atoms with E-state index in [1.54, 1.807) is 17.5 Å². The molecule has 180 valence electrons. The number of hydrogen-bond acceptors (Lipinski definition) is 6. The lowest BCUT2D eigenvalue weighted by Gasteiger charge is -2.33. The fourth-order valence-electron chi connectivity index (χ4n) is 4.63. The van der Waals surface area contributed by atoms with Gasteiger partial charge in [0.2, 0.25) is 0 Å². The van der Waals surface area contributed by atoms with Gasteiger partial charge in [-0.1, -0.05) is 19.3 Å². The lowest BCUT2D eigenvalue weighted by molar-refractivity contribution is 0.103. The highest BCUT2D eigenvalue weighted by Crippen LogP contribution is 2.35. The first-order valence-electron chi connectivity index (χ1n) is 11.3. The first-order chi connectivity index (χ1) is 15.1. The molecular formula is C23H32Cl2N6OS. The Morgan fingerprint density at radius 1 is 1.09 bits per heavy atom. The number of fused-ring (bicyclic) bond motifs is 1. The number of nitrogens with zero attached hydrogens (tertiary/aromatic N) is 5. The zero-order chi connectivity index (χ0) is 21.4. The van der Waals surface area contributed by atoms with Crippen LogP contribution in [0.2, 0.25) is 0 Å². The fraction of sp³-hybridized carbons (Fsp3) is 0.522. The number of aromatic nitrogens is 3. The number of rotatable bonds is 4. The summed E-state index contributed by atoms with van der Waals surface area (Å²) in [5, 5.41) is 8.91. The van der Waals surface area contributed by atoms with Crippen molar-refractivity contribution in [3.05, 3.63) is 35.0 Å². The van der Waals surface area contributed by atoms with Crippen LogP contribution in [0.25, 0.3) is 10.2 Å². The van der Waals surface area contributed by atoms with Crippen LogP contribution >= 0.6 is 36.2 Å². The van der Waals surface area contributed by atoms with Gasteiger partial charge in [0.25, 0.3) is 5.91 Å². The summed E-state index contributed by atoms with van der Waals surface area (Å²) < 4.78 is 2.18. The second-order valence-corrected chi connectivity index (χ2v) is 9.83. The van der Waals surface area contributed by atoms with E-state index in [0.29, 0.717) is 6.04 Å². The topological polar surface area (TPSA) is 66.3 Å². The Morgan fingerprint density at radius 2 is 1.82 bits per heavy atom. The number of anilines is 2. The largest absolute Gasteiger partial charge is 0.354 e. The Kier molecular flexibility index (Phi) is 8.61. The van der Waals surface area contributed by atoms with Crippen molar-refractivity contribution >= 4 is 63.8 Å². The zero-order valence-corrected chi connectivity index (χ0v) is 21.6. The van der Waals surface area contributed by atoms with Crippen molar-refractivity contribution in [1.82, 2.24) is 19.7 Å². The summed E-state index contributed by atoms with van der Waals surface area (Å²) in [5.41, 5.74) is 1.74. The molecule has 1 aliphatic heterocycles. The van der Waals surface area contributed by atoms with Gasteiger partial charge in [0.1, 0.15) is 10.6 Å². The second kappa shape index (κ2) is 11.0. The number of carbonyl (C=O) groups excluding carboxylic acids is 1. The Hall–Kier alpha value is -1.87. The van der Waals surface area contributed by atoms with Crippen molar-refractivity contribution in [2.75, 3.05) is 43.4 Å². The second-order valence-electron chi connectivity index (χ2n) is 8.80. The van der Waals surface area contributed by atoms with E-state index < -0.39 is 0 Å². The molecule has 0 spiro atoms. The van der Waals surface area contributed by atoms with Gasteiger partial charge in [-0.05, 0) is 45.0 Å². The SMILES string of the molecule is Cc1nn(C2CCCCC2)c2sc(C(=O)Nc3ccc(N4CCN(C)CC4)nc3)cc12.Cl.Cl. The van der Waals surface area contributed by atoms with Crippen LogP contribution < -0.4 is 10.2 Å². The van der Waals surface area contributed by atoms with Crippen molar-refractivity contribution in [3.63, 3.8) is 0 Å². The quantitative estimate of drug-likeness (QED) is 0.525. The molecule has 0 radical (unpaired) electrons. The van der Waals surface area contributed by atoms with E-state index in [4.69, 9.17) is 5.10 Å². The maximum Gasteiger partial charge on any atom is 0.265 e. The molecular weight excluding hydrogens is 479 g/mol. The molecule has 33 heavy (non-hydrogen) atoms. The number of halogens is 2. The van der Waals surface area contributed by atoms with E-state index in [9.17, 15) is 4.79 Å². The molecule has 2 fully saturated rings. The number of thiophene rings is 1. The number of pyridine rings is 1. The highest BCUT2D eigenvalue weighted by molar-refractivity contribution is 7.20. The van der Waals surface area contributed by atoms with Crippen LogP contribution in [0.1, 0.15) is 53.5 Å². The normalized spacial score (nSPS) is 17.5.